The second-order valence-electron chi connectivity index (χ2n) is 5.32. The number of hydrogen-bond donors (Lipinski definition) is 0. The molecule has 1 aliphatic heterocycles. The van der Waals surface area contributed by atoms with E-state index < -0.39 is 9.84 Å². The lowest BCUT2D eigenvalue weighted by Gasteiger charge is -2.23. The van der Waals surface area contributed by atoms with Gasteiger partial charge in [0.15, 0.2) is 9.84 Å². The molecule has 0 fully saturated rings. The third kappa shape index (κ3) is 2.94. The number of nitriles is 1. The molecule has 1 aromatic rings. The minimum absolute atomic E-state index is 0.308. The maximum Gasteiger partial charge on any atom is 0.184 e. The van der Waals surface area contributed by atoms with Crippen LogP contribution < -0.4 is 0 Å². The number of nitrogens with zero attached hydrogens (tertiary/aromatic N) is 1. The van der Waals surface area contributed by atoms with Crippen molar-refractivity contribution in [3.63, 3.8) is 0 Å². The Morgan fingerprint density at radius 3 is 2.73 bits per heavy atom. The van der Waals surface area contributed by atoms with Crippen LogP contribution in [0.5, 0.6) is 0 Å². The molecule has 0 atom stereocenters. The van der Waals surface area contributed by atoms with Gasteiger partial charge in [0.2, 0.25) is 0 Å². The fourth-order valence-corrected chi connectivity index (χ4v) is 5.63. The summed E-state index contributed by atoms with van der Waals surface area (Å²) >= 11 is 2.92. The molecule has 0 spiro atoms. The minimum atomic E-state index is -3.23. The summed E-state index contributed by atoms with van der Waals surface area (Å²) in [5.41, 5.74) is 2.83. The molecule has 22 heavy (non-hydrogen) atoms. The maximum atomic E-state index is 11.6. The van der Waals surface area contributed by atoms with E-state index in [0.717, 1.165) is 29.7 Å². The van der Waals surface area contributed by atoms with E-state index in [0.29, 0.717) is 9.78 Å². The summed E-state index contributed by atoms with van der Waals surface area (Å²) < 4.78 is 23.6. The van der Waals surface area contributed by atoms with Gasteiger partial charge in [0.25, 0.3) is 0 Å². The summed E-state index contributed by atoms with van der Waals surface area (Å²) in [4.78, 5) is 2.09. The molecule has 0 aromatic carbocycles. The van der Waals surface area contributed by atoms with E-state index in [9.17, 15) is 13.7 Å². The molecule has 0 bridgehead atoms. The first kappa shape index (κ1) is 15.6. The highest BCUT2D eigenvalue weighted by atomic mass is 32.2. The average Bonchev–Trinajstić information content (AvgIpc) is 2.98. The molecule has 0 N–H and O–H groups in total. The fraction of sp³-hybridized carbons (Fsp3) is 0.312. The second-order valence-corrected chi connectivity index (χ2v) is 9.65. The van der Waals surface area contributed by atoms with Gasteiger partial charge in [-0.15, -0.1) is 23.1 Å². The summed E-state index contributed by atoms with van der Waals surface area (Å²) in [5, 5.41) is 11.6. The Labute approximate surface area is 139 Å². The molecule has 114 valence electrons. The molecule has 3 rings (SSSR count). The van der Waals surface area contributed by atoms with E-state index in [1.165, 1.54) is 34.5 Å². The minimum Gasteiger partial charge on any atom is -0.223 e. The van der Waals surface area contributed by atoms with E-state index in [-0.39, 0.29) is 0 Å². The molecule has 2 heterocycles. The van der Waals surface area contributed by atoms with Crippen LogP contribution in [0.3, 0.4) is 0 Å². The number of thiophene rings is 1. The summed E-state index contributed by atoms with van der Waals surface area (Å²) in [6.07, 6.45) is 7.61. The van der Waals surface area contributed by atoms with Crippen LogP contribution in [0.25, 0.3) is 5.57 Å². The van der Waals surface area contributed by atoms with Crippen molar-refractivity contribution < 1.29 is 8.42 Å². The van der Waals surface area contributed by atoms with Gasteiger partial charge in [-0.25, -0.2) is 8.42 Å². The van der Waals surface area contributed by atoms with E-state index in [1.54, 1.807) is 23.9 Å². The Bertz CT molecular complexity index is 848. The van der Waals surface area contributed by atoms with E-state index >= 15 is 0 Å². The Morgan fingerprint density at radius 1 is 1.27 bits per heavy atom. The summed E-state index contributed by atoms with van der Waals surface area (Å²) in [6.45, 7) is 0. The monoisotopic (exact) mass is 349 g/mol. The third-order valence-corrected chi connectivity index (χ3v) is 7.69. The van der Waals surface area contributed by atoms with E-state index in [2.05, 4.69) is 6.07 Å². The van der Waals surface area contributed by atoms with Gasteiger partial charge in [0.1, 0.15) is 10.3 Å². The van der Waals surface area contributed by atoms with Crippen LogP contribution in [0.15, 0.2) is 43.9 Å². The van der Waals surface area contributed by atoms with Gasteiger partial charge in [0, 0.05) is 11.1 Å². The number of sulfone groups is 1. The van der Waals surface area contributed by atoms with Crippen molar-refractivity contribution in [3.05, 3.63) is 44.5 Å². The number of allylic oxidation sites excluding steroid dienone is 5. The molecule has 0 saturated heterocycles. The molecular formula is C16H15NO2S3. The Hall–Kier alpha value is -1.29. The summed E-state index contributed by atoms with van der Waals surface area (Å²) in [5.74, 6) is 0. The molecule has 3 nitrogen and oxygen atoms in total. The molecule has 6 heteroatoms. The SMILES string of the molecule is CS(=O)(=O)c1ccc(/C(C#N)=C2\C=CSC3=C2CCCC3)s1. The van der Waals surface area contributed by atoms with E-state index in [1.807, 2.05) is 11.5 Å². The van der Waals surface area contributed by atoms with Gasteiger partial charge in [-0.2, -0.15) is 5.26 Å². The number of hydrogen-bond acceptors (Lipinski definition) is 5. The standard InChI is InChI=1S/C16H15NO2S3/c1-22(18,19)16-7-6-15(21-16)13(10-17)11-8-9-20-14-5-3-2-4-12(11)14/h6-9H,2-5H2,1H3/b13-11+. The Morgan fingerprint density at radius 2 is 2.05 bits per heavy atom. The smallest absolute Gasteiger partial charge is 0.184 e. The van der Waals surface area contributed by atoms with Gasteiger partial charge in [-0.05, 0) is 65.4 Å². The van der Waals surface area contributed by atoms with Gasteiger partial charge in [0.05, 0.1) is 5.57 Å². The lowest BCUT2D eigenvalue weighted by molar-refractivity contribution is 0.604. The molecule has 0 radical (unpaired) electrons. The largest absolute Gasteiger partial charge is 0.223 e. The zero-order valence-corrected chi connectivity index (χ0v) is 14.6. The predicted molar refractivity (Wildman–Crippen MR) is 92.2 cm³/mol. The van der Waals surface area contributed by atoms with Gasteiger partial charge in [-0.1, -0.05) is 0 Å². The van der Waals surface area contributed by atoms with Crippen LogP contribution in [0.1, 0.15) is 30.6 Å². The third-order valence-electron chi connectivity index (χ3n) is 3.76. The highest BCUT2D eigenvalue weighted by Gasteiger charge is 2.22. The van der Waals surface area contributed by atoms with Crippen molar-refractivity contribution in [1.29, 1.82) is 5.26 Å². The van der Waals surface area contributed by atoms with Crippen molar-refractivity contribution >= 4 is 38.5 Å². The normalized spacial score (nSPS) is 20.5. The molecule has 0 unspecified atom stereocenters. The predicted octanol–water partition coefficient (Wildman–Crippen LogP) is 4.52. The van der Waals surface area contributed by atoms with Crippen LogP contribution in [0.2, 0.25) is 0 Å². The van der Waals surface area contributed by atoms with Crippen LogP contribution in [0.4, 0.5) is 0 Å². The van der Waals surface area contributed by atoms with Crippen molar-refractivity contribution in [3.8, 4) is 6.07 Å². The van der Waals surface area contributed by atoms with Gasteiger partial charge in [-0.3, -0.25) is 0 Å². The van der Waals surface area contributed by atoms with Crippen molar-refractivity contribution in [2.75, 3.05) is 6.26 Å². The van der Waals surface area contributed by atoms with Gasteiger partial charge < -0.3 is 0 Å². The van der Waals surface area contributed by atoms with Crippen LogP contribution in [0, 0.1) is 11.3 Å². The molecular weight excluding hydrogens is 334 g/mol. The quantitative estimate of drug-likeness (QED) is 0.737. The fourth-order valence-electron chi connectivity index (χ4n) is 2.71. The average molecular weight is 350 g/mol. The lowest BCUT2D eigenvalue weighted by Crippen LogP contribution is -2.03. The van der Waals surface area contributed by atoms with Crippen LogP contribution in [-0.4, -0.2) is 14.7 Å². The van der Waals surface area contributed by atoms with Crippen LogP contribution in [-0.2, 0) is 9.84 Å². The highest BCUT2D eigenvalue weighted by Crippen LogP contribution is 2.44. The maximum absolute atomic E-state index is 11.6. The Kier molecular flexibility index (Phi) is 4.31. The topological polar surface area (TPSA) is 57.9 Å². The lowest BCUT2D eigenvalue weighted by atomic mass is 9.90. The first-order valence-corrected chi connectivity index (χ1v) is 10.6. The molecule has 1 aromatic heterocycles. The summed E-state index contributed by atoms with van der Waals surface area (Å²) in [6, 6.07) is 5.62. The zero-order valence-electron chi connectivity index (χ0n) is 12.1. The highest BCUT2D eigenvalue weighted by molar-refractivity contribution is 8.05. The first-order chi connectivity index (χ1) is 10.5. The van der Waals surface area contributed by atoms with Crippen molar-refractivity contribution in [2.45, 2.75) is 29.9 Å². The van der Waals surface area contributed by atoms with E-state index in [4.69, 9.17) is 0 Å². The van der Waals surface area contributed by atoms with Crippen LogP contribution >= 0.6 is 23.1 Å². The Balaban J connectivity index is 2.12. The zero-order chi connectivity index (χ0) is 15.7. The number of thioether (sulfide) groups is 1. The molecule has 0 saturated carbocycles. The molecule has 2 aliphatic rings. The van der Waals surface area contributed by atoms with Gasteiger partial charge >= 0.3 is 0 Å². The van der Waals surface area contributed by atoms with Crippen molar-refractivity contribution in [1.82, 2.24) is 0 Å². The van der Waals surface area contributed by atoms with Crippen molar-refractivity contribution in [2.24, 2.45) is 0 Å². The molecule has 1 aliphatic carbocycles. The summed E-state index contributed by atoms with van der Waals surface area (Å²) in [7, 11) is -3.23. The number of rotatable bonds is 2. The molecule has 0 amide bonds. The first-order valence-electron chi connectivity index (χ1n) is 7.01. The second kappa shape index (κ2) is 6.07.